The van der Waals surface area contributed by atoms with Crippen molar-refractivity contribution in [1.82, 2.24) is 0 Å². The van der Waals surface area contributed by atoms with E-state index in [9.17, 15) is 5.11 Å². The van der Waals surface area contributed by atoms with Crippen LogP contribution in [0, 0.1) is 69.8 Å². The predicted octanol–water partition coefficient (Wildman–Crippen LogP) is 3.36. The molecule has 1 aromatic carbocycles. The molecule has 1 nitrogen and oxygen atoms in total. The van der Waals surface area contributed by atoms with Gasteiger partial charge in [0, 0.05) is 5.92 Å². The van der Waals surface area contributed by atoms with Crippen LogP contribution in [0.15, 0.2) is 30.3 Å². The number of hydrogen-bond acceptors (Lipinski definition) is 1. The average Bonchev–Trinajstić information content (AvgIpc) is 3.14. The van der Waals surface area contributed by atoms with Gasteiger partial charge in [-0.2, -0.15) is 0 Å². The summed E-state index contributed by atoms with van der Waals surface area (Å²) in [7, 11) is 0. The van der Waals surface area contributed by atoms with E-state index in [1.165, 1.54) is 0 Å². The van der Waals surface area contributed by atoms with Crippen molar-refractivity contribution in [2.75, 3.05) is 0 Å². The molecule has 0 spiro atoms. The number of rotatable bonds is 2. The van der Waals surface area contributed by atoms with Gasteiger partial charge in [0.2, 0.25) is 0 Å². The fourth-order valence-corrected chi connectivity index (χ4v) is 1.62. The van der Waals surface area contributed by atoms with Crippen LogP contribution in [-0.2, 0) is 17.1 Å². The van der Waals surface area contributed by atoms with E-state index in [1.54, 1.807) is 0 Å². The molecule has 0 amide bonds. The summed E-state index contributed by atoms with van der Waals surface area (Å²) in [5.41, 5.74) is 0.855. The molecule has 95 valence electrons. The molecule has 0 unspecified atom stereocenters. The number of hydrogen-bond donors (Lipinski definition) is 1. The minimum absolute atomic E-state index is 0. The summed E-state index contributed by atoms with van der Waals surface area (Å²) in [4.78, 5) is 0. The maximum atomic E-state index is 9.80. The molecule has 0 saturated heterocycles. The molecule has 2 saturated carbocycles. The van der Waals surface area contributed by atoms with Gasteiger partial charge in [0.25, 0.3) is 0 Å². The van der Waals surface area contributed by atoms with Crippen LogP contribution in [0.4, 0.5) is 0 Å². The Labute approximate surface area is 128 Å². The monoisotopic (exact) mass is 291 g/mol. The van der Waals surface area contributed by atoms with Gasteiger partial charge in [-0.25, -0.2) is 0 Å². The SMILES string of the molecule is O[C]([C]1[CH][CH][CH][CH]1)c1ccccc1.[CH]1[CH][CH][CH][CH]1.[Fe+2]. The summed E-state index contributed by atoms with van der Waals surface area (Å²) in [5, 5.41) is 9.80. The van der Waals surface area contributed by atoms with Crippen LogP contribution in [0.1, 0.15) is 5.56 Å². The first-order valence-electron chi connectivity index (χ1n) is 5.88. The van der Waals surface area contributed by atoms with Gasteiger partial charge in [0.15, 0.2) is 0 Å². The van der Waals surface area contributed by atoms with Gasteiger partial charge in [-0.05, 0) is 63.4 Å². The molecule has 0 bridgehead atoms. The van der Waals surface area contributed by atoms with Crippen molar-refractivity contribution < 1.29 is 22.2 Å². The maximum absolute atomic E-state index is 9.80. The van der Waals surface area contributed by atoms with E-state index in [-0.39, 0.29) is 17.1 Å². The van der Waals surface area contributed by atoms with Gasteiger partial charge in [0.05, 0.1) is 0 Å². The van der Waals surface area contributed by atoms with Gasteiger partial charge >= 0.3 is 17.1 Å². The fraction of sp³-hybridized carbons (Fsp3) is 0. The molecule has 0 atom stereocenters. The Balaban J connectivity index is 0.000000256. The molecule has 0 aliphatic heterocycles. The topological polar surface area (TPSA) is 20.2 Å². The Morgan fingerprint density at radius 2 is 1.16 bits per heavy atom. The van der Waals surface area contributed by atoms with E-state index in [0.29, 0.717) is 6.10 Å². The molecule has 1 aromatic rings. The first-order valence-corrected chi connectivity index (χ1v) is 5.88. The standard InChI is InChI=1S/C12H10O.C5H5.Fe/c13-12(11-8-4-5-9-11)10-6-2-1-3-7-10;1-2-4-5-3-1;/h1-9,13H;1-5H;/q;;+2. The van der Waals surface area contributed by atoms with Gasteiger partial charge in [-0.15, -0.1) is 0 Å². The normalized spacial score (nSPS) is 18.8. The first-order chi connectivity index (χ1) is 8.88. The van der Waals surface area contributed by atoms with E-state index in [2.05, 4.69) is 0 Å². The van der Waals surface area contributed by atoms with E-state index in [0.717, 1.165) is 11.5 Å². The summed E-state index contributed by atoms with van der Waals surface area (Å²) in [6.45, 7) is 0. The number of aliphatic hydroxyl groups excluding tert-OH is 1. The molecule has 1 N–H and O–H groups in total. The summed E-state index contributed by atoms with van der Waals surface area (Å²) in [6, 6.07) is 9.54. The minimum Gasteiger partial charge on any atom is -0.381 e. The van der Waals surface area contributed by atoms with Crippen LogP contribution in [0.25, 0.3) is 0 Å². The van der Waals surface area contributed by atoms with Crippen molar-refractivity contribution in [2.45, 2.75) is 0 Å². The largest absolute Gasteiger partial charge is 2.00 e. The second-order valence-electron chi connectivity index (χ2n) is 3.85. The Hall–Kier alpha value is -0.301. The Bertz CT molecular complexity index is 308. The van der Waals surface area contributed by atoms with Crippen LogP contribution >= 0.6 is 0 Å². The molecule has 0 aromatic heterocycles. The third kappa shape index (κ3) is 5.69. The van der Waals surface area contributed by atoms with Crippen LogP contribution in [0.2, 0.25) is 0 Å². The summed E-state index contributed by atoms with van der Waals surface area (Å²) >= 11 is 0. The molecule has 2 aliphatic rings. The van der Waals surface area contributed by atoms with Crippen LogP contribution in [-0.4, -0.2) is 5.11 Å². The van der Waals surface area contributed by atoms with Crippen LogP contribution in [0.3, 0.4) is 0 Å². The van der Waals surface area contributed by atoms with Crippen molar-refractivity contribution in [2.24, 2.45) is 0 Å². The summed E-state index contributed by atoms with van der Waals surface area (Å²) < 4.78 is 0. The molecule has 19 heavy (non-hydrogen) atoms. The summed E-state index contributed by atoms with van der Waals surface area (Å²) in [5.74, 6) is 0.867. The van der Waals surface area contributed by atoms with Crippen molar-refractivity contribution in [1.29, 1.82) is 0 Å². The van der Waals surface area contributed by atoms with E-state index < -0.39 is 0 Å². The molecular weight excluding hydrogens is 276 g/mol. The number of aliphatic hydroxyl groups is 1. The molecular formula is C17H15FeO+2. The third-order valence-electron chi connectivity index (χ3n) is 2.54. The van der Waals surface area contributed by atoms with Gasteiger partial charge in [0.1, 0.15) is 6.10 Å². The fourth-order valence-electron chi connectivity index (χ4n) is 1.62. The van der Waals surface area contributed by atoms with Crippen molar-refractivity contribution in [3.8, 4) is 0 Å². The third-order valence-corrected chi connectivity index (χ3v) is 2.54. The van der Waals surface area contributed by atoms with E-state index >= 15 is 0 Å². The van der Waals surface area contributed by atoms with Crippen molar-refractivity contribution in [3.63, 3.8) is 0 Å². The molecule has 2 fully saturated rings. The smallest absolute Gasteiger partial charge is 0.381 e. The zero-order valence-corrected chi connectivity index (χ0v) is 11.5. The molecule has 11 radical (unpaired) electrons. The van der Waals surface area contributed by atoms with E-state index in [1.807, 2.05) is 88.1 Å². The zero-order valence-electron chi connectivity index (χ0n) is 10.4. The first kappa shape index (κ1) is 16.8. The van der Waals surface area contributed by atoms with Crippen LogP contribution < -0.4 is 0 Å². The zero-order chi connectivity index (χ0) is 12.6. The Kier molecular flexibility index (Phi) is 8.45. The van der Waals surface area contributed by atoms with Gasteiger partial charge in [-0.1, -0.05) is 30.3 Å². The maximum Gasteiger partial charge on any atom is 2.00 e. The predicted molar refractivity (Wildman–Crippen MR) is 72.7 cm³/mol. The quantitative estimate of drug-likeness (QED) is 0.828. The van der Waals surface area contributed by atoms with Crippen molar-refractivity contribution in [3.05, 3.63) is 106 Å². The van der Waals surface area contributed by atoms with E-state index in [4.69, 9.17) is 0 Å². The second kappa shape index (κ2) is 9.58. The number of benzene rings is 1. The molecule has 0 heterocycles. The second-order valence-corrected chi connectivity index (χ2v) is 3.85. The van der Waals surface area contributed by atoms with Gasteiger partial charge in [-0.3, -0.25) is 0 Å². The average molecular weight is 291 g/mol. The van der Waals surface area contributed by atoms with Crippen molar-refractivity contribution >= 4 is 0 Å². The van der Waals surface area contributed by atoms with Crippen LogP contribution in [0.5, 0.6) is 0 Å². The minimum atomic E-state index is 0. The summed E-state index contributed by atoms with van der Waals surface area (Å²) in [6.07, 6.45) is 17.9. The Morgan fingerprint density at radius 1 is 0.684 bits per heavy atom. The molecule has 2 aliphatic carbocycles. The Morgan fingerprint density at radius 3 is 1.63 bits per heavy atom. The molecule has 3 rings (SSSR count). The van der Waals surface area contributed by atoms with Gasteiger partial charge < -0.3 is 5.11 Å². The molecule has 2 heteroatoms.